The second-order valence-electron chi connectivity index (χ2n) is 10.9. The number of nitrogens with two attached hydrogens (primary N) is 1. The molecule has 0 aromatic heterocycles. The number of fused-ring (bicyclic) bond motifs is 1. The molecule has 0 bridgehead atoms. The van der Waals surface area contributed by atoms with Gasteiger partial charge in [-0.25, -0.2) is 4.39 Å². The maximum absolute atomic E-state index is 13.5. The molecule has 0 aliphatic heterocycles. The largest absolute Gasteiger partial charge is 0.331 e. The number of rotatable bonds is 9. The highest BCUT2D eigenvalue weighted by Gasteiger charge is 2.25. The fraction of sp³-hybridized carbons (Fsp3) is 0.562. The standard InChI is InChI=1S/C30H41F.C2H7N/c1-20-7-8-23(4)26(17-20)10-9-22(3)24(5)15-21(2)16-25(6)27-11-12-29-19-30(31)14-13-28(29)18-27;1-2-3/h7-8,13-14,17,19,21-22,25,27H,5,9-12,15-16,18H2,1-4,6H3;2-3H2,1H3. The molecule has 0 saturated carbocycles. The first-order chi connectivity index (χ1) is 16.1. The van der Waals surface area contributed by atoms with E-state index in [0.717, 1.165) is 38.1 Å². The predicted molar refractivity (Wildman–Crippen MR) is 147 cm³/mol. The molecule has 0 radical (unpaired) electrons. The molecular weight excluding hydrogens is 417 g/mol. The molecule has 2 N–H and O–H groups in total. The van der Waals surface area contributed by atoms with Gasteiger partial charge in [0.25, 0.3) is 0 Å². The zero-order valence-corrected chi connectivity index (χ0v) is 22.6. The first-order valence-electron chi connectivity index (χ1n) is 13.4. The Balaban J connectivity index is 0.00000129. The van der Waals surface area contributed by atoms with Gasteiger partial charge in [-0.1, -0.05) is 69.7 Å². The highest BCUT2D eigenvalue weighted by atomic mass is 19.1. The second kappa shape index (κ2) is 13.8. The zero-order valence-electron chi connectivity index (χ0n) is 22.6. The van der Waals surface area contributed by atoms with Crippen LogP contribution in [0.3, 0.4) is 0 Å². The minimum Gasteiger partial charge on any atom is -0.331 e. The number of benzene rings is 2. The molecule has 1 aliphatic rings. The molecule has 0 spiro atoms. The van der Waals surface area contributed by atoms with Crippen molar-refractivity contribution in [2.24, 2.45) is 29.4 Å². The Kier molecular flexibility index (Phi) is 11.5. The molecule has 1 aliphatic carbocycles. The van der Waals surface area contributed by atoms with Gasteiger partial charge in [-0.2, -0.15) is 0 Å². The van der Waals surface area contributed by atoms with Crippen LogP contribution in [-0.4, -0.2) is 6.54 Å². The SMILES string of the molecule is C=C(CC(C)CC(C)C1CCc2cc(F)ccc2C1)C(C)CCc1cc(C)ccc1C.CCN. The van der Waals surface area contributed by atoms with Crippen LogP contribution >= 0.6 is 0 Å². The molecule has 3 rings (SSSR count). The van der Waals surface area contributed by atoms with Gasteiger partial charge in [0, 0.05) is 0 Å². The summed E-state index contributed by atoms with van der Waals surface area (Å²) in [5, 5.41) is 0. The van der Waals surface area contributed by atoms with Crippen LogP contribution in [0.1, 0.15) is 81.2 Å². The summed E-state index contributed by atoms with van der Waals surface area (Å²) in [6.07, 6.45) is 8.03. The van der Waals surface area contributed by atoms with E-state index in [1.807, 2.05) is 13.0 Å². The summed E-state index contributed by atoms with van der Waals surface area (Å²) in [6, 6.07) is 12.2. The van der Waals surface area contributed by atoms with Crippen LogP contribution < -0.4 is 5.73 Å². The van der Waals surface area contributed by atoms with Crippen LogP contribution in [0, 0.1) is 43.3 Å². The van der Waals surface area contributed by atoms with E-state index in [4.69, 9.17) is 5.73 Å². The number of hydrogen-bond acceptors (Lipinski definition) is 1. The van der Waals surface area contributed by atoms with Crippen molar-refractivity contribution >= 4 is 0 Å². The van der Waals surface area contributed by atoms with E-state index >= 15 is 0 Å². The smallest absolute Gasteiger partial charge is 0.123 e. The van der Waals surface area contributed by atoms with Gasteiger partial charge in [0.05, 0.1) is 0 Å². The number of aryl methyl sites for hydroxylation is 4. The Morgan fingerprint density at radius 2 is 1.79 bits per heavy atom. The molecule has 0 amide bonds. The molecule has 2 aromatic rings. The predicted octanol–water partition coefficient (Wildman–Crippen LogP) is 8.39. The third kappa shape index (κ3) is 8.69. The zero-order chi connectivity index (χ0) is 25.3. The molecular formula is C32H48FN. The van der Waals surface area contributed by atoms with Gasteiger partial charge >= 0.3 is 0 Å². The maximum atomic E-state index is 13.5. The van der Waals surface area contributed by atoms with Gasteiger partial charge < -0.3 is 5.73 Å². The van der Waals surface area contributed by atoms with E-state index in [2.05, 4.69) is 59.4 Å². The average molecular weight is 466 g/mol. The normalized spacial score (nSPS) is 17.7. The van der Waals surface area contributed by atoms with Gasteiger partial charge in [-0.05, 0) is 123 Å². The second-order valence-corrected chi connectivity index (χ2v) is 10.9. The lowest BCUT2D eigenvalue weighted by Crippen LogP contribution is -2.22. The quantitative estimate of drug-likeness (QED) is 0.370. The van der Waals surface area contributed by atoms with E-state index in [1.165, 1.54) is 52.7 Å². The molecule has 2 heteroatoms. The van der Waals surface area contributed by atoms with E-state index in [0.29, 0.717) is 17.8 Å². The number of halogens is 1. The monoisotopic (exact) mass is 465 g/mol. The third-order valence-corrected chi connectivity index (χ3v) is 7.67. The van der Waals surface area contributed by atoms with Crippen molar-refractivity contribution < 1.29 is 4.39 Å². The van der Waals surface area contributed by atoms with E-state index in [-0.39, 0.29) is 5.82 Å². The van der Waals surface area contributed by atoms with Crippen LogP contribution in [-0.2, 0) is 19.3 Å². The van der Waals surface area contributed by atoms with Crippen molar-refractivity contribution in [3.05, 3.63) is 82.2 Å². The molecule has 4 atom stereocenters. The molecule has 4 unspecified atom stereocenters. The Labute approximate surface area is 209 Å². The van der Waals surface area contributed by atoms with Gasteiger partial charge in [0.2, 0.25) is 0 Å². The highest BCUT2D eigenvalue weighted by molar-refractivity contribution is 5.31. The van der Waals surface area contributed by atoms with Crippen molar-refractivity contribution in [1.29, 1.82) is 0 Å². The Morgan fingerprint density at radius 3 is 2.50 bits per heavy atom. The lowest BCUT2D eigenvalue weighted by Gasteiger charge is -2.31. The summed E-state index contributed by atoms with van der Waals surface area (Å²) in [4.78, 5) is 0. The topological polar surface area (TPSA) is 26.0 Å². The van der Waals surface area contributed by atoms with Crippen molar-refractivity contribution in [3.63, 3.8) is 0 Å². The molecule has 1 nitrogen and oxygen atoms in total. The van der Waals surface area contributed by atoms with Crippen molar-refractivity contribution in [1.82, 2.24) is 0 Å². The fourth-order valence-electron chi connectivity index (χ4n) is 5.44. The minimum atomic E-state index is -0.0935. The lowest BCUT2D eigenvalue weighted by atomic mass is 9.74. The highest BCUT2D eigenvalue weighted by Crippen LogP contribution is 2.35. The summed E-state index contributed by atoms with van der Waals surface area (Å²) in [5.74, 6) is 2.56. The summed E-state index contributed by atoms with van der Waals surface area (Å²) in [6.45, 7) is 18.7. The molecule has 0 saturated heterocycles. The summed E-state index contributed by atoms with van der Waals surface area (Å²) in [7, 11) is 0. The van der Waals surface area contributed by atoms with E-state index in [1.54, 1.807) is 12.1 Å². The van der Waals surface area contributed by atoms with Crippen molar-refractivity contribution in [3.8, 4) is 0 Å². The maximum Gasteiger partial charge on any atom is 0.123 e. The average Bonchev–Trinajstić information content (AvgIpc) is 2.79. The van der Waals surface area contributed by atoms with Crippen LogP contribution in [0.5, 0.6) is 0 Å². The van der Waals surface area contributed by atoms with Crippen LogP contribution in [0.25, 0.3) is 0 Å². The summed E-state index contributed by atoms with van der Waals surface area (Å²) < 4.78 is 13.5. The molecule has 0 fully saturated rings. The van der Waals surface area contributed by atoms with Crippen LogP contribution in [0.4, 0.5) is 4.39 Å². The van der Waals surface area contributed by atoms with E-state index in [9.17, 15) is 4.39 Å². The Hall–Kier alpha value is -1.93. The van der Waals surface area contributed by atoms with Crippen LogP contribution in [0.2, 0.25) is 0 Å². The summed E-state index contributed by atoms with van der Waals surface area (Å²) >= 11 is 0. The molecule has 188 valence electrons. The minimum absolute atomic E-state index is 0.0935. The third-order valence-electron chi connectivity index (χ3n) is 7.67. The van der Waals surface area contributed by atoms with Crippen molar-refractivity contribution in [2.45, 2.75) is 86.5 Å². The number of hydrogen-bond donors (Lipinski definition) is 1. The summed E-state index contributed by atoms with van der Waals surface area (Å²) in [5.41, 5.74) is 13.1. The van der Waals surface area contributed by atoms with E-state index < -0.39 is 0 Å². The Morgan fingerprint density at radius 1 is 1.09 bits per heavy atom. The first kappa shape index (κ1) is 28.3. The lowest BCUT2D eigenvalue weighted by molar-refractivity contribution is 0.267. The van der Waals surface area contributed by atoms with Gasteiger partial charge in [-0.3, -0.25) is 0 Å². The van der Waals surface area contributed by atoms with Crippen LogP contribution in [0.15, 0.2) is 48.6 Å². The number of allylic oxidation sites excluding steroid dienone is 1. The van der Waals surface area contributed by atoms with Crippen molar-refractivity contribution in [2.75, 3.05) is 6.54 Å². The first-order valence-corrected chi connectivity index (χ1v) is 13.4. The van der Waals surface area contributed by atoms with Gasteiger partial charge in [0.15, 0.2) is 0 Å². The fourth-order valence-corrected chi connectivity index (χ4v) is 5.44. The van der Waals surface area contributed by atoms with Gasteiger partial charge in [0.1, 0.15) is 5.82 Å². The molecule has 34 heavy (non-hydrogen) atoms. The Bertz CT molecular complexity index is 915. The molecule has 0 heterocycles. The van der Waals surface area contributed by atoms with Gasteiger partial charge in [-0.15, -0.1) is 0 Å². The molecule has 2 aromatic carbocycles.